The molecule has 3 aromatic rings. The monoisotopic (exact) mass is 406 g/mol. The number of hydrogen-bond acceptors (Lipinski definition) is 5. The van der Waals surface area contributed by atoms with E-state index in [1.54, 1.807) is 29.2 Å². The number of benzene rings is 2. The molecule has 0 bridgehead atoms. The minimum atomic E-state index is -0.503. The molecule has 1 saturated heterocycles. The summed E-state index contributed by atoms with van der Waals surface area (Å²) in [5.41, 5.74) is 3.90. The highest BCUT2D eigenvalue weighted by atomic mass is 16.5. The summed E-state index contributed by atoms with van der Waals surface area (Å²) in [4.78, 5) is 37.7. The smallest absolute Gasteiger partial charge is 0.310 e. The van der Waals surface area contributed by atoms with Gasteiger partial charge in [0.25, 0.3) is 5.91 Å². The van der Waals surface area contributed by atoms with Crippen molar-refractivity contribution >= 4 is 40.1 Å². The van der Waals surface area contributed by atoms with Crippen molar-refractivity contribution in [2.45, 2.75) is 26.2 Å². The van der Waals surface area contributed by atoms with Gasteiger partial charge in [0, 0.05) is 35.3 Å². The molecule has 0 atom stereocenters. The van der Waals surface area contributed by atoms with Crippen LogP contribution in [0.4, 0.5) is 11.4 Å². The Labute approximate surface area is 173 Å². The van der Waals surface area contributed by atoms with E-state index in [1.807, 2.05) is 25.1 Å². The van der Waals surface area contributed by atoms with Crippen LogP contribution in [0.3, 0.4) is 0 Å². The number of anilines is 2. The van der Waals surface area contributed by atoms with Gasteiger partial charge in [0.15, 0.2) is 6.61 Å². The highest BCUT2D eigenvalue weighted by molar-refractivity contribution is 5.96. The number of hydrogen-bond donors (Lipinski definition) is 1. The first-order chi connectivity index (χ1) is 14.5. The normalized spacial score (nSPS) is 13.6. The fourth-order valence-electron chi connectivity index (χ4n) is 3.52. The number of esters is 1. The van der Waals surface area contributed by atoms with E-state index in [2.05, 4.69) is 5.32 Å². The Morgan fingerprint density at radius 2 is 1.97 bits per heavy atom. The summed E-state index contributed by atoms with van der Waals surface area (Å²) < 4.78 is 10.6. The number of amides is 2. The van der Waals surface area contributed by atoms with Crippen molar-refractivity contribution in [3.63, 3.8) is 0 Å². The molecule has 0 spiro atoms. The van der Waals surface area contributed by atoms with Crippen LogP contribution in [0.1, 0.15) is 24.0 Å². The number of rotatable bonds is 6. The molecule has 2 amide bonds. The minimum absolute atomic E-state index is 0.0297. The molecule has 2 aromatic carbocycles. The lowest BCUT2D eigenvalue weighted by Gasteiger charge is -2.16. The average Bonchev–Trinajstić information content (AvgIpc) is 3.33. The lowest BCUT2D eigenvalue weighted by Crippen LogP contribution is -2.24. The van der Waals surface area contributed by atoms with Crippen LogP contribution in [-0.2, 0) is 25.5 Å². The third-order valence-corrected chi connectivity index (χ3v) is 5.05. The maximum absolute atomic E-state index is 12.1. The number of carbonyl (C=O) groups excluding carboxylic acids is 3. The summed E-state index contributed by atoms with van der Waals surface area (Å²) in [5, 5.41) is 3.54. The molecule has 1 N–H and O–H groups in total. The van der Waals surface area contributed by atoms with Crippen molar-refractivity contribution in [2.24, 2.45) is 0 Å². The van der Waals surface area contributed by atoms with Gasteiger partial charge in [-0.1, -0.05) is 12.1 Å². The Morgan fingerprint density at radius 3 is 2.70 bits per heavy atom. The molecule has 0 saturated carbocycles. The first-order valence-corrected chi connectivity index (χ1v) is 9.82. The lowest BCUT2D eigenvalue weighted by atomic mass is 10.1. The third kappa shape index (κ3) is 4.35. The zero-order chi connectivity index (χ0) is 21.1. The highest BCUT2D eigenvalue weighted by Crippen LogP contribution is 2.24. The molecule has 4 rings (SSSR count). The third-order valence-electron chi connectivity index (χ3n) is 5.05. The maximum atomic E-state index is 12.1. The molecule has 154 valence electrons. The summed E-state index contributed by atoms with van der Waals surface area (Å²) in [6.07, 6.45) is 3.00. The number of nitrogens with one attached hydrogen (secondary N) is 1. The van der Waals surface area contributed by atoms with Crippen molar-refractivity contribution < 1.29 is 23.5 Å². The Hall–Kier alpha value is -3.61. The molecular weight excluding hydrogens is 384 g/mol. The van der Waals surface area contributed by atoms with Crippen molar-refractivity contribution in [2.75, 3.05) is 23.4 Å². The zero-order valence-corrected chi connectivity index (χ0v) is 16.6. The molecule has 2 heterocycles. The molecule has 0 aliphatic carbocycles. The van der Waals surface area contributed by atoms with E-state index < -0.39 is 11.9 Å². The summed E-state index contributed by atoms with van der Waals surface area (Å²) in [6.45, 7) is 2.31. The van der Waals surface area contributed by atoms with E-state index >= 15 is 0 Å². The van der Waals surface area contributed by atoms with E-state index in [0.717, 1.165) is 34.2 Å². The zero-order valence-electron chi connectivity index (χ0n) is 16.6. The maximum Gasteiger partial charge on any atom is 0.310 e. The second-order valence-corrected chi connectivity index (χ2v) is 7.34. The number of ether oxygens (including phenoxy) is 1. The number of nitrogens with zero attached hydrogens (tertiary/aromatic N) is 1. The van der Waals surface area contributed by atoms with Crippen LogP contribution >= 0.6 is 0 Å². The van der Waals surface area contributed by atoms with Crippen molar-refractivity contribution in [3.05, 3.63) is 59.9 Å². The quantitative estimate of drug-likeness (QED) is 0.632. The number of aryl methyl sites for hydroxylation is 1. The molecule has 1 aliphatic rings. The minimum Gasteiger partial charge on any atom is -0.464 e. The summed E-state index contributed by atoms with van der Waals surface area (Å²) in [7, 11) is 0. The van der Waals surface area contributed by atoms with Gasteiger partial charge < -0.3 is 19.4 Å². The summed E-state index contributed by atoms with van der Waals surface area (Å²) in [5.74, 6) is -0.823. The second kappa shape index (κ2) is 8.41. The summed E-state index contributed by atoms with van der Waals surface area (Å²) in [6, 6.07) is 12.8. The predicted molar refractivity (Wildman–Crippen MR) is 112 cm³/mol. The van der Waals surface area contributed by atoms with Crippen molar-refractivity contribution in [1.82, 2.24) is 0 Å². The Bertz CT molecular complexity index is 1100. The van der Waals surface area contributed by atoms with Gasteiger partial charge >= 0.3 is 5.97 Å². The molecule has 7 nitrogen and oxygen atoms in total. The fraction of sp³-hybridized carbons (Fsp3) is 0.261. The largest absolute Gasteiger partial charge is 0.464 e. The summed E-state index contributed by atoms with van der Waals surface area (Å²) >= 11 is 0. The van der Waals surface area contributed by atoms with E-state index in [0.29, 0.717) is 18.7 Å². The molecule has 0 unspecified atom stereocenters. The molecule has 30 heavy (non-hydrogen) atoms. The molecule has 1 aromatic heterocycles. The standard InChI is InChI=1S/C23H22N2O5/c1-15-4-9-19-16(13-29-20(19)11-15)12-23(28)30-14-21(26)24-17-5-7-18(8-6-17)25-10-2-3-22(25)27/h4-9,11,13H,2-3,10,12,14H2,1H3,(H,24,26). The SMILES string of the molecule is Cc1ccc2c(CC(=O)OCC(=O)Nc3ccc(N4CCCC4=O)cc3)coc2c1. The van der Waals surface area contributed by atoms with Crippen LogP contribution in [0, 0.1) is 6.92 Å². The molecule has 0 radical (unpaired) electrons. The van der Waals surface area contributed by atoms with Crippen LogP contribution in [-0.4, -0.2) is 30.9 Å². The Kier molecular flexibility index (Phi) is 5.52. The van der Waals surface area contributed by atoms with E-state index in [4.69, 9.17) is 9.15 Å². The van der Waals surface area contributed by atoms with Gasteiger partial charge in [-0.05, 0) is 49.2 Å². The molecule has 7 heteroatoms. The number of carbonyl (C=O) groups is 3. The van der Waals surface area contributed by atoms with Gasteiger partial charge in [0.2, 0.25) is 5.91 Å². The van der Waals surface area contributed by atoms with Gasteiger partial charge in [-0.3, -0.25) is 14.4 Å². The van der Waals surface area contributed by atoms with Gasteiger partial charge in [0.1, 0.15) is 5.58 Å². The lowest BCUT2D eigenvalue weighted by molar-refractivity contribution is -0.146. The average molecular weight is 406 g/mol. The molecule has 1 fully saturated rings. The van der Waals surface area contributed by atoms with E-state index in [9.17, 15) is 14.4 Å². The van der Waals surface area contributed by atoms with Crippen LogP contribution in [0.15, 0.2) is 53.1 Å². The Morgan fingerprint density at radius 1 is 1.17 bits per heavy atom. The predicted octanol–water partition coefficient (Wildman–Crippen LogP) is 3.59. The molecular formula is C23H22N2O5. The first-order valence-electron chi connectivity index (χ1n) is 9.82. The van der Waals surface area contributed by atoms with Crippen LogP contribution in [0.5, 0.6) is 0 Å². The first kappa shape index (κ1) is 19.7. The highest BCUT2D eigenvalue weighted by Gasteiger charge is 2.21. The van der Waals surface area contributed by atoms with Crippen LogP contribution < -0.4 is 10.2 Å². The second-order valence-electron chi connectivity index (χ2n) is 7.34. The van der Waals surface area contributed by atoms with E-state index in [-0.39, 0.29) is 18.9 Å². The van der Waals surface area contributed by atoms with E-state index in [1.165, 1.54) is 6.26 Å². The van der Waals surface area contributed by atoms with Gasteiger partial charge in [-0.25, -0.2) is 0 Å². The van der Waals surface area contributed by atoms with Gasteiger partial charge in [0.05, 0.1) is 12.7 Å². The van der Waals surface area contributed by atoms with Crippen LogP contribution in [0.25, 0.3) is 11.0 Å². The molecule has 1 aliphatic heterocycles. The van der Waals surface area contributed by atoms with Crippen LogP contribution in [0.2, 0.25) is 0 Å². The van der Waals surface area contributed by atoms with Gasteiger partial charge in [-0.2, -0.15) is 0 Å². The van der Waals surface area contributed by atoms with Gasteiger partial charge in [-0.15, -0.1) is 0 Å². The van der Waals surface area contributed by atoms with Crippen molar-refractivity contribution in [1.29, 1.82) is 0 Å². The van der Waals surface area contributed by atoms with Crippen molar-refractivity contribution in [3.8, 4) is 0 Å². The fourth-order valence-corrected chi connectivity index (χ4v) is 3.52. The Balaban J connectivity index is 1.28. The topological polar surface area (TPSA) is 88.9 Å². The number of furan rings is 1. The number of fused-ring (bicyclic) bond motifs is 1.